The molecule has 1 heterocycles. The highest BCUT2D eigenvalue weighted by Crippen LogP contribution is 2.29. The lowest BCUT2D eigenvalue weighted by atomic mass is 10.3. The number of aryl methyl sites for hydroxylation is 1. The Kier molecular flexibility index (Phi) is 3.75. The molecule has 16 heavy (non-hydrogen) atoms. The fraction of sp³-hybridized carbons (Fsp3) is 0.500. The van der Waals surface area contributed by atoms with E-state index in [0.29, 0.717) is 10.4 Å². The molecule has 0 saturated carbocycles. The van der Waals surface area contributed by atoms with Gasteiger partial charge < -0.3 is 4.74 Å². The fourth-order valence-electron chi connectivity index (χ4n) is 1.12. The van der Waals surface area contributed by atoms with Crippen LogP contribution >= 0.6 is 11.3 Å². The summed E-state index contributed by atoms with van der Waals surface area (Å²) in [5, 5.41) is -0.490. The van der Waals surface area contributed by atoms with Crippen molar-refractivity contribution in [1.29, 1.82) is 0 Å². The maximum Gasteiger partial charge on any atom is 0.348 e. The molecular formula is C10H14O4S2. The first-order valence-corrected chi connectivity index (χ1v) is 7.09. The second-order valence-electron chi connectivity index (χ2n) is 3.66. The van der Waals surface area contributed by atoms with E-state index in [-0.39, 0.29) is 4.21 Å². The Balaban J connectivity index is 3.26. The quantitative estimate of drug-likeness (QED) is 0.782. The third-order valence-corrected chi connectivity index (χ3v) is 6.05. The highest BCUT2D eigenvalue weighted by Gasteiger charge is 2.24. The topological polar surface area (TPSA) is 60.4 Å². The summed E-state index contributed by atoms with van der Waals surface area (Å²) in [6.45, 7) is 4.92. The van der Waals surface area contributed by atoms with Crippen LogP contribution < -0.4 is 0 Å². The summed E-state index contributed by atoms with van der Waals surface area (Å²) < 4.78 is 28.5. The molecule has 0 N–H and O–H groups in total. The van der Waals surface area contributed by atoms with Gasteiger partial charge in [0.25, 0.3) is 0 Å². The minimum Gasteiger partial charge on any atom is -0.465 e. The van der Waals surface area contributed by atoms with Gasteiger partial charge in [0.1, 0.15) is 9.09 Å². The Labute approximate surface area is 99.2 Å². The Morgan fingerprint density at radius 1 is 1.44 bits per heavy atom. The lowest BCUT2D eigenvalue weighted by Crippen LogP contribution is -2.12. The van der Waals surface area contributed by atoms with E-state index >= 15 is 0 Å². The standard InChI is InChI=1S/C10H14O4S2/c1-6(2)16(12,13)8-5-7(3)9(15-8)10(11)14-4/h5-6H,1-4H3. The van der Waals surface area contributed by atoms with Crippen molar-refractivity contribution in [3.63, 3.8) is 0 Å². The first-order chi connectivity index (χ1) is 7.30. The summed E-state index contributed by atoms with van der Waals surface area (Å²) in [6, 6.07) is 1.52. The van der Waals surface area contributed by atoms with E-state index in [1.54, 1.807) is 20.8 Å². The van der Waals surface area contributed by atoms with Crippen molar-refractivity contribution >= 4 is 27.1 Å². The van der Waals surface area contributed by atoms with Crippen LogP contribution in [0, 0.1) is 6.92 Å². The monoisotopic (exact) mass is 262 g/mol. The highest BCUT2D eigenvalue weighted by molar-refractivity contribution is 7.94. The molecule has 0 amide bonds. The zero-order valence-corrected chi connectivity index (χ0v) is 11.2. The first-order valence-electron chi connectivity index (χ1n) is 4.73. The number of hydrogen-bond donors (Lipinski definition) is 0. The van der Waals surface area contributed by atoms with Gasteiger partial charge in [0.05, 0.1) is 12.4 Å². The van der Waals surface area contributed by atoms with E-state index in [9.17, 15) is 13.2 Å². The Morgan fingerprint density at radius 3 is 2.44 bits per heavy atom. The van der Waals surface area contributed by atoms with Gasteiger partial charge in [0.2, 0.25) is 0 Å². The number of ether oxygens (including phenoxy) is 1. The number of hydrogen-bond acceptors (Lipinski definition) is 5. The van der Waals surface area contributed by atoms with Gasteiger partial charge in [-0.1, -0.05) is 0 Å². The lowest BCUT2D eigenvalue weighted by molar-refractivity contribution is 0.0605. The molecule has 1 rings (SSSR count). The van der Waals surface area contributed by atoms with E-state index in [1.165, 1.54) is 13.2 Å². The van der Waals surface area contributed by atoms with E-state index < -0.39 is 21.1 Å². The fourth-order valence-corrected chi connectivity index (χ4v) is 4.04. The van der Waals surface area contributed by atoms with Crippen molar-refractivity contribution in [2.24, 2.45) is 0 Å². The van der Waals surface area contributed by atoms with Crippen molar-refractivity contribution in [1.82, 2.24) is 0 Å². The molecule has 0 aliphatic rings. The van der Waals surface area contributed by atoms with Crippen LogP contribution in [-0.2, 0) is 14.6 Å². The predicted molar refractivity (Wildman–Crippen MR) is 62.7 cm³/mol. The Bertz CT molecular complexity index is 497. The summed E-state index contributed by atoms with van der Waals surface area (Å²) in [6.07, 6.45) is 0. The molecule has 90 valence electrons. The molecule has 1 aromatic heterocycles. The average molecular weight is 262 g/mol. The molecule has 4 nitrogen and oxygen atoms in total. The van der Waals surface area contributed by atoms with Crippen molar-refractivity contribution in [2.45, 2.75) is 30.2 Å². The van der Waals surface area contributed by atoms with Crippen LogP contribution in [0.5, 0.6) is 0 Å². The van der Waals surface area contributed by atoms with E-state index in [4.69, 9.17) is 0 Å². The molecule has 0 aliphatic carbocycles. The highest BCUT2D eigenvalue weighted by atomic mass is 32.2. The van der Waals surface area contributed by atoms with Crippen molar-refractivity contribution in [3.8, 4) is 0 Å². The number of sulfone groups is 1. The summed E-state index contributed by atoms with van der Waals surface area (Å²) in [5.41, 5.74) is 0.635. The minimum atomic E-state index is -3.31. The number of esters is 1. The molecule has 0 bridgehead atoms. The normalized spacial score (nSPS) is 11.8. The molecule has 0 fully saturated rings. The van der Waals surface area contributed by atoms with Gasteiger partial charge in [-0.05, 0) is 32.4 Å². The summed E-state index contributed by atoms with van der Waals surface area (Å²) in [4.78, 5) is 11.7. The molecule has 0 atom stereocenters. The summed E-state index contributed by atoms with van der Waals surface area (Å²) >= 11 is 0.965. The molecule has 0 aromatic carbocycles. The van der Waals surface area contributed by atoms with Gasteiger partial charge in [0, 0.05) is 0 Å². The third-order valence-electron chi connectivity index (χ3n) is 2.17. The van der Waals surface area contributed by atoms with E-state index in [1.807, 2.05) is 0 Å². The van der Waals surface area contributed by atoms with Crippen molar-refractivity contribution < 1.29 is 17.9 Å². The zero-order valence-electron chi connectivity index (χ0n) is 9.60. The summed E-state index contributed by atoms with van der Waals surface area (Å²) in [5.74, 6) is -0.493. The molecule has 0 unspecified atom stereocenters. The number of methoxy groups -OCH3 is 1. The molecule has 0 radical (unpaired) electrons. The Morgan fingerprint density at radius 2 is 2.00 bits per heavy atom. The first kappa shape index (κ1) is 13.2. The number of rotatable bonds is 3. The lowest BCUT2D eigenvalue weighted by Gasteiger charge is -2.03. The molecule has 0 aliphatic heterocycles. The van der Waals surface area contributed by atoms with Crippen LogP contribution in [0.15, 0.2) is 10.3 Å². The summed E-state index contributed by atoms with van der Waals surface area (Å²) in [7, 11) is -2.03. The van der Waals surface area contributed by atoms with Crippen LogP contribution in [0.4, 0.5) is 0 Å². The molecule has 6 heteroatoms. The zero-order chi connectivity index (χ0) is 12.5. The van der Waals surface area contributed by atoms with Crippen LogP contribution in [0.3, 0.4) is 0 Å². The number of thiophene rings is 1. The average Bonchev–Trinajstić information content (AvgIpc) is 2.59. The minimum absolute atomic E-state index is 0.223. The maximum atomic E-state index is 11.9. The second-order valence-corrected chi connectivity index (χ2v) is 7.45. The molecule has 0 saturated heterocycles. The van der Waals surface area contributed by atoms with Gasteiger partial charge in [-0.15, -0.1) is 11.3 Å². The maximum absolute atomic E-state index is 11.9. The van der Waals surface area contributed by atoms with Crippen LogP contribution in [0.2, 0.25) is 0 Å². The van der Waals surface area contributed by atoms with Gasteiger partial charge in [-0.25, -0.2) is 13.2 Å². The number of carbonyl (C=O) groups excluding carboxylic acids is 1. The van der Waals surface area contributed by atoms with Crippen molar-refractivity contribution in [3.05, 3.63) is 16.5 Å². The van der Waals surface area contributed by atoms with Gasteiger partial charge in [0.15, 0.2) is 9.84 Å². The van der Waals surface area contributed by atoms with Crippen LogP contribution in [0.25, 0.3) is 0 Å². The largest absolute Gasteiger partial charge is 0.465 e. The molecular weight excluding hydrogens is 248 g/mol. The van der Waals surface area contributed by atoms with Crippen molar-refractivity contribution in [2.75, 3.05) is 7.11 Å². The van der Waals surface area contributed by atoms with E-state index in [0.717, 1.165) is 11.3 Å². The van der Waals surface area contributed by atoms with Gasteiger partial charge in [-0.3, -0.25) is 0 Å². The van der Waals surface area contributed by atoms with Gasteiger partial charge in [-0.2, -0.15) is 0 Å². The number of carbonyl (C=O) groups is 1. The molecule has 1 aromatic rings. The second kappa shape index (κ2) is 4.55. The Hall–Kier alpha value is -0.880. The van der Waals surface area contributed by atoms with Crippen LogP contribution in [-0.4, -0.2) is 26.7 Å². The SMILES string of the molecule is COC(=O)c1sc(S(=O)(=O)C(C)C)cc1C. The molecule has 0 spiro atoms. The van der Waals surface area contributed by atoms with Crippen LogP contribution in [0.1, 0.15) is 29.1 Å². The third kappa shape index (κ3) is 2.27. The smallest absolute Gasteiger partial charge is 0.348 e. The van der Waals surface area contributed by atoms with Gasteiger partial charge >= 0.3 is 5.97 Å². The van der Waals surface area contributed by atoms with E-state index in [2.05, 4.69) is 4.74 Å². The predicted octanol–water partition coefficient (Wildman–Crippen LogP) is 2.03.